The van der Waals surface area contributed by atoms with Crippen molar-refractivity contribution in [1.82, 2.24) is 0 Å². The summed E-state index contributed by atoms with van der Waals surface area (Å²) < 4.78 is 11.2. The lowest BCUT2D eigenvalue weighted by atomic mass is 10.1. The summed E-state index contributed by atoms with van der Waals surface area (Å²) >= 11 is 0. The van der Waals surface area contributed by atoms with Crippen LogP contribution in [-0.2, 0) is 9.47 Å². The minimum Gasteiger partial charge on any atom is -0.389 e. The highest BCUT2D eigenvalue weighted by atomic mass is 16.7. The van der Waals surface area contributed by atoms with Gasteiger partial charge in [-0.25, -0.2) is 0 Å². The molecule has 16 heavy (non-hydrogen) atoms. The molecule has 1 fully saturated rings. The summed E-state index contributed by atoms with van der Waals surface area (Å²) in [5, 5.41) is 9.76. The molecule has 3 heteroatoms. The first-order valence-electron chi connectivity index (χ1n) is 5.83. The van der Waals surface area contributed by atoms with E-state index in [4.69, 9.17) is 9.47 Å². The molecule has 0 bridgehead atoms. The Bertz CT molecular complexity index is 256. The van der Waals surface area contributed by atoms with E-state index in [1.54, 1.807) is 6.08 Å². The first-order valence-corrected chi connectivity index (χ1v) is 5.83. The van der Waals surface area contributed by atoms with E-state index in [1.165, 1.54) is 0 Å². The molecule has 0 aromatic rings. The Kier molecular flexibility index (Phi) is 5.19. The molecule has 0 amide bonds. The van der Waals surface area contributed by atoms with Gasteiger partial charge in [-0.05, 0) is 27.2 Å². The van der Waals surface area contributed by atoms with Crippen LogP contribution in [0.4, 0.5) is 0 Å². The van der Waals surface area contributed by atoms with Gasteiger partial charge >= 0.3 is 0 Å². The van der Waals surface area contributed by atoms with Gasteiger partial charge in [-0.3, -0.25) is 0 Å². The van der Waals surface area contributed by atoms with Crippen molar-refractivity contribution in [3.8, 4) is 0 Å². The van der Waals surface area contributed by atoms with E-state index in [1.807, 2.05) is 39.0 Å². The summed E-state index contributed by atoms with van der Waals surface area (Å²) in [7, 11) is 0. The summed E-state index contributed by atoms with van der Waals surface area (Å²) in [4.78, 5) is 0. The number of allylic oxidation sites excluding steroid dienone is 3. The highest BCUT2D eigenvalue weighted by molar-refractivity contribution is 5.03. The van der Waals surface area contributed by atoms with Gasteiger partial charge in [-0.1, -0.05) is 24.3 Å². The van der Waals surface area contributed by atoms with Crippen LogP contribution in [-0.4, -0.2) is 29.7 Å². The molecule has 0 aliphatic carbocycles. The molecule has 92 valence electrons. The van der Waals surface area contributed by atoms with Crippen LogP contribution in [0, 0.1) is 0 Å². The Morgan fingerprint density at radius 2 is 2.19 bits per heavy atom. The second-order valence-electron chi connectivity index (χ2n) is 4.49. The van der Waals surface area contributed by atoms with Crippen molar-refractivity contribution in [2.24, 2.45) is 0 Å². The molecule has 0 aromatic heterocycles. The summed E-state index contributed by atoms with van der Waals surface area (Å²) in [5.41, 5.74) is 0. The van der Waals surface area contributed by atoms with Gasteiger partial charge in [0.25, 0.3) is 0 Å². The topological polar surface area (TPSA) is 38.7 Å². The van der Waals surface area contributed by atoms with Gasteiger partial charge in [0, 0.05) is 6.42 Å². The number of hydrogen-bond donors (Lipinski definition) is 1. The maximum atomic E-state index is 9.76. The monoisotopic (exact) mass is 226 g/mol. The van der Waals surface area contributed by atoms with Crippen LogP contribution in [0.5, 0.6) is 0 Å². The highest BCUT2D eigenvalue weighted by Crippen LogP contribution is 2.24. The number of rotatable bonds is 4. The minimum atomic E-state index is -0.518. The van der Waals surface area contributed by atoms with Crippen molar-refractivity contribution in [3.05, 3.63) is 24.3 Å². The SMILES string of the molecule is C/C=C/C=C/[C@@H](O)C[C@@H]1CCOC(C)(C)O1. The third kappa shape index (κ3) is 4.92. The molecular weight excluding hydrogens is 204 g/mol. The number of aliphatic hydroxyl groups excluding tert-OH is 1. The van der Waals surface area contributed by atoms with Crippen molar-refractivity contribution in [2.45, 2.75) is 51.6 Å². The first-order chi connectivity index (χ1) is 7.53. The van der Waals surface area contributed by atoms with Gasteiger partial charge in [0.05, 0.1) is 18.8 Å². The van der Waals surface area contributed by atoms with E-state index in [9.17, 15) is 5.11 Å². The van der Waals surface area contributed by atoms with Crippen LogP contribution in [0.25, 0.3) is 0 Å². The van der Waals surface area contributed by atoms with Crippen molar-refractivity contribution in [2.75, 3.05) is 6.61 Å². The second-order valence-corrected chi connectivity index (χ2v) is 4.49. The third-order valence-electron chi connectivity index (χ3n) is 2.48. The highest BCUT2D eigenvalue weighted by Gasteiger charge is 2.29. The van der Waals surface area contributed by atoms with Gasteiger partial charge in [0.15, 0.2) is 5.79 Å². The van der Waals surface area contributed by atoms with Gasteiger partial charge in [0.1, 0.15) is 0 Å². The van der Waals surface area contributed by atoms with Crippen LogP contribution in [0.3, 0.4) is 0 Å². The van der Waals surface area contributed by atoms with E-state index in [0.717, 1.165) is 6.42 Å². The van der Waals surface area contributed by atoms with Crippen molar-refractivity contribution < 1.29 is 14.6 Å². The average molecular weight is 226 g/mol. The Balaban J connectivity index is 2.36. The molecule has 0 unspecified atom stereocenters. The number of aliphatic hydroxyl groups is 1. The largest absolute Gasteiger partial charge is 0.389 e. The fourth-order valence-electron chi connectivity index (χ4n) is 1.75. The van der Waals surface area contributed by atoms with Crippen molar-refractivity contribution in [3.63, 3.8) is 0 Å². The lowest BCUT2D eigenvalue weighted by molar-refractivity contribution is -0.275. The number of hydrogen-bond acceptors (Lipinski definition) is 3. The van der Waals surface area contributed by atoms with Crippen LogP contribution >= 0.6 is 0 Å². The third-order valence-corrected chi connectivity index (χ3v) is 2.48. The second kappa shape index (κ2) is 6.18. The summed E-state index contributed by atoms with van der Waals surface area (Å²) in [5.74, 6) is -0.518. The standard InChI is InChI=1S/C13H22O3/c1-4-5-6-7-11(14)10-12-8-9-15-13(2,3)16-12/h4-7,11-12,14H,8-10H2,1-3H3/b5-4+,7-6+/t11-,12+/m1/s1. The number of ether oxygens (including phenoxy) is 2. The molecule has 0 radical (unpaired) electrons. The van der Waals surface area contributed by atoms with Crippen LogP contribution in [0.1, 0.15) is 33.6 Å². The van der Waals surface area contributed by atoms with Gasteiger partial charge in [-0.15, -0.1) is 0 Å². The van der Waals surface area contributed by atoms with Crippen LogP contribution in [0.2, 0.25) is 0 Å². The van der Waals surface area contributed by atoms with E-state index in [2.05, 4.69) is 0 Å². The molecule has 0 aromatic carbocycles. The maximum absolute atomic E-state index is 9.76. The lowest BCUT2D eigenvalue weighted by Crippen LogP contribution is -2.40. The zero-order chi connectivity index (χ0) is 12.0. The van der Waals surface area contributed by atoms with E-state index in [-0.39, 0.29) is 6.10 Å². The van der Waals surface area contributed by atoms with E-state index < -0.39 is 11.9 Å². The zero-order valence-electron chi connectivity index (χ0n) is 10.3. The Hall–Kier alpha value is -0.640. The van der Waals surface area contributed by atoms with E-state index >= 15 is 0 Å². The van der Waals surface area contributed by atoms with E-state index in [0.29, 0.717) is 13.0 Å². The van der Waals surface area contributed by atoms with Crippen LogP contribution < -0.4 is 0 Å². The Morgan fingerprint density at radius 3 is 2.81 bits per heavy atom. The first kappa shape index (κ1) is 13.4. The molecule has 1 N–H and O–H groups in total. The van der Waals surface area contributed by atoms with Crippen LogP contribution in [0.15, 0.2) is 24.3 Å². The molecule has 1 aliphatic rings. The van der Waals surface area contributed by atoms with Gasteiger partial charge < -0.3 is 14.6 Å². The van der Waals surface area contributed by atoms with Gasteiger partial charge in [0.2, 0.25) is 0 Å². The quantitative estimate of drug-likeness (QED) is 0.748. The maximum Gasteiger partial charge on any atom is 0.163 e. The average Bonchev–Trinajstić information content (AvgIpc) is 2.16. The predicted octanol–water partition coefficient (Wildman–Crippen LogP) is 2.41. The molecule has 2 atom stereocenters. The fourth-order valence-corrected chi connectivity index (χ4v) is 1.75. The predicted molar refractivity (Wildman–Crippen MR) is 64.1 cm³/mol. The molecule has 1 aliphatic heterocycles. The smallest absolute Gasteiger partial charge is 0.163 e. The normalized spacial score (nSPS) is 27.6. The lowest BCUT2D eigenvalue weighted by Gasteiger charge is -2.36. The molecular formula is C13H22O3. The van der Waals surface area contributed by atoms with Crippen molar-refractivity contribution in [1.29, 1.82) is 0 Å². The van der Waals surface area contributed by atoms with Gasteiger partial charge in [-0.2, -0.15) is 0 Å². The molecule has 1 rings (SSSR count). The van der Waals surface area contributed by atoms with Crippen molar-refractivity contribution >= 4 is 0 Å². The Labute approximate surface area is 97.8 Å². The molecule has 0 spiro atoms. The summed E-state index contributed by atoms with van der Waals surface area (Å²) in [6.07, 6.45) is 8.57. The fraction of sp³-hybridized carbons (Fsp3) is 0.692. The zero-order valence-corrected chi connectivity index (χ0v) is 10.3. The molecule has 1 heterocycles. The summed E-state index contributed by atoms with van der Waals surface area (Å²) in [6.45, 7) is 6.45. The minimum absolute atomic E-state index is 0.0778. The molecule has 0 saturated carbocycles. The molecule has 1 saturated heterocycles. The molecule has 3 nitrogen and oxygen atoms in total. The summed E-state index contributed by atoms with van der Waals surface area (Å²) in [6, 6.07) is 0. The Morgan fingerprint density at radius 1 is 1.44 bits per heavy atom.